The van der Waals surface area contributed by atoms with Crippen molar-refractivity contribution in [3.8, 4) is 0 Å². The number of fused-ring (bicyclic) bond motifs is 1. The standard InChI is InChI=1S/C14H10FNO4/c15-8-3-4-10-9(6-8)14(19,13(18)16-10)7-11(17)12-2-1-5-20-12/h1-6,19H,7H2,(H,16,18)/t14-/m1/s1. The third kappa shape index (κ3) is 1.81. The van der Waals surface area contributed by atoms with E-state index >= 15 is 0 Å². The Morgan fingerprint density at radius 2 is 2.20 bits per heavy atom. The fraction of sp³-hybridized carbons (Fsp3) is 0.143. The first-order chi connectivity index (χ1) is 9.50. The predicted octanol–water partition coefficient (Wildman–Crippen LogP) is 1.83. The van der Waals surface area contributed by atoms with Crippen LogP contribution in [0.2, 0.25) is 0 Å². The van der Waals surface area contributed by atoms with E-state index in [-0.39, 0.29) is 11.3 Å². The molecule has 2 N–H and O–H groups in total. The van der Waals surface area contributed by atoms with Crippen LogP contribution in [0, 0.1) is 5.82 Å². The minimum absolute atomic E-state index is 0.0380. The number of furan rings is 1. The van der Waals surface area contributed by atoms with Gasteiger partial charge in [0.1, 0.15) is 5.82 Å². The number of ketones is 1. The molecule has 5 nitrogen and oxygen atoms in total. The maximum atomic E-state index is 13.3. The van der Waals surface area contributed by atoms with Crippen LogP contribution >= 0.6 is 0 Å². The summed E-state index contributed by atoms with van der Waals surface area (Å²) in [6.07, 6.45) is 0.808. The number of benzene rings is 1. The number of nitrogens with one attached hydrogen (secondary N) is 1. The largest absolute Gasteiger partial charge is 0.461 e. The Labute approximate surface area is 113 Å². The summed E-state index contributed by atoms with van der Waals surface area (Å²) in [5.41, 5.74) is -1.73. The van der Waals surface area contributed by atoms with Crippen LogP contribution in [0.3, 0.4) is 0 Å². The maximum absolute atomic E-state index is 13.3. The summed E-state index contributed by atoms with van der Waals surface area (Å²) >= 11 is 0. The molecule has 1 aromatic carbocycles. The molecule has 0 saturated heterocycles. The second-order valence-corrected chi connectivity index (χ2v) is 4.58. The lowest BCUT2D eigenvalue weighted by Gasteiger charge is -2.19. The minimum Gasteiger partial charge on any atom is -0.461 e. The molecule has 6 heteroatoms. The van der Waals surface area contributed by atoms with E-state index in [2.05, 4.69) is 5.32 Å². The summed E-state index contributed by atoms with van der Waals surface area (Å²) in [4.78, 5) is 23.9. The lowest BCUT2D eigenvalue weighted by Crippen LogP contribution is -2.36. The lowest BCUT2D eigenvalue weighted by atomic mass is 9.89. The molecule has 0 bridgehead atoms. The summed E-state index contributed by atoms with van der Waals surface area (Å²) in [5, 5.41) is 12.9. The Morgan fingerprint density at radius 3 is 2.90 bits per heavy atom. The zero-order chi connectivity index (χ0) is 14.3. The Bertz CT molecular complexity index is 695. The molecule has 3 rings (SSSR count). The van der Waals surface area contributed by atoms with Gasteiger partial charge in [0.25, 0.3) is 5.91 Å². The minimum atomic E-state index is -2.08. The molecule has 0 spiro atoms. The number of aliphatic hydroxyl groups is 1. The fourth-order valence-electron chi connectivity index (χ4n) is 2.25. The van der Waals surface area contributed by atoms with Crippen LogP contribution < -0.4 is 5.32 Å². The van der Waals surface area contributed by atoms with E-state index in [0.29, 0.717) is 5.69 Å². The van der Waals surface area contributed by atoms with E-state index in [4.69, 9.17) is 4.42 Å². The molecular formula is C14H10FNO4. The monoisotopic (exact) mass is 275 g/mol. The fourth-order valence-corrected chi connectivity index (χ4v) is 2.25. The van der Waals surface area contributed by atoms with Crippen LogP contribution in [-0.2, 0) is 10.4 Å². The van der Waals surface area contributed by atoms with Gasteiger partial charge in [-0.15, -0.1) is 0 Å². The smallest absolute Gasteiger partial charge is 0.261 e. The van der Waals surface area contributed by atoms with Crippen LogP contribution in [0.4, 0.5) is 10.1 Å². The second-order valence-electron chi connectivity index (χ2n) is 4.58. The Kier molecular flexibility index (Phi) is 2.69. The normalized spacial score (nSPS) is 20.6. The van der Waals surface area contributed by atoms with Crippen LogP contribution in [0.15, 0.2) is 41.0 Å². The summed E-state index contributed by atoms with van der Waals surface area (Å²) < 4.78 is 18.2. The van der Waals surface area contributed by atoms with Crippen molar-refractivity contribution in [1.29, 1.82) is 0 Å². The van der Waals surface area contributed by atoms with E-state index in [1.54, 1.807) is 0 Å². The first-order valence-corrected chi connectivity index (χ1v) is 5.91. The molecule has 1 atom stereocenters. The summed E-state index contributed by atoms with van der Waals surface area (Å²) in [6, 6.07) is 6.52. The van der Waals surface area contributed by atoms with E-state index in [0.717, 1.165) is 6.07 Å². The number of anilines is 1. The van der Waals surface area contributed by atoms with Gasteiger partial charge in [-0.2, -0.15) is 0 Å². The molecule has 1 aliphatic heterocycles. The van der Waals surface area contributed by atoms with E-state index in [1.807, 2.05) is 0 Å². The van der Waals surface area contributed by atoms with Crippen molar-refractivity contribution in [2.45, 2.75) is 12.0 Å². The van der Waals surface area contributed by atoms with Crippen LogP contribution in [0.1, 0.15) is 22.5 Å². The van der Waals surface area contributed by atoms with Crippen molar-refractivity contribution in [2.75, 3.05) is 5.32 Å². The highest BCUT2D eigenvalue weighted by Gasteiger charge is 2.47. The molecule has 1 aliphatic rings. The molecule has 0 saturated carbocycles. The molecule has 0 fully saturated rings. The topological polar surface area (TPSA) is 79.5 Å². The van der Waals surface area contributed by atoms with Crippen molar-refractivity contribution in [2.24, 2.45) is 0 Å². The average Bonchev–Trinajstić information content (AvgIpc) is 3.00. The van der Waals surface area contributed by atoms with Gasteiger partial charge >= 0.3 is 0 Å². The highest BCUT2D eigenvalue weighted by molar-refractivity contribution is 6.08. The number of amides is 1. The number of carbonyl (C=O) groups excluding carboxylic acids is 2. The van der Waals surface area contributed by atoms with Crippen LogP contribution in [0.25, 0.3) is 0 Å². The van der Waals surface area contributed by atoms with E-state index in [9.17, 15) is 19.1 Å². The molecule has 102 valence electrons. The van der Waals surface area contributed by atoms with Crippen LogP contribution in [-0.4, -0.2) is 16.8 Å². The van der Waals surface area contributed by atoms with E-state index < -0.39 is 29.5 Å². The van der Waals surface area contributed by atoms with Crippen molar-refractivity contribution in [1.82, 2.24) is 0 Å². The second kappa shape index (κ2) is 4.28. The van der Waals surface area contributed by atoms with Gasteiger partial charge in [-0.25, -0.2) is 4.39 Å². The van der Waals surface area contributed by atoms with Gasteiger partial charge in [-0.1, -0.05) is 0 Å². The number of hydrogen-bond donors (Lipinski definition) is 2. The predicted molar refractivity (Wildman–Crippen MR) is 66.6 cm³/mol. The van der Waals surface area contributed by atoms with Crippen LogP contribution in [0.5, 0.6) is 0 Å². The molecule has 20 heavy (non-hydrogen) atoms. The lowest BCUT2D eigenvalue weighted by molar-refractivity contribution is -0.133. The maximum Gasteiger partial charge on any atom is 0.261 e. The van der Waals surface area contributed by atoms with Crippen molar-refractivity contribution < 1.29 is 23.5 Å². The first kappa shape index (κ1) is 12.6. The highest BCUT2D eigenvalue weighted by Crippen LogP contribution is 2.39. The van der Waals surface area contributed by atoms with Gasteiger partial charge in [0, 0.05) is 11.3 Å². The van der Waals surface area contributed by atoms with Gasteiger partial charge in [0.2, 0.25) is 5.78 Å². The van der Waals surface area contributed by atoms with Crippen molar-refractivity contribution >= 4 is 17.4 Å². The molecular weight excluding hydrogens is 265 g/mol. The molecule has 0 radical (unpaired) electrons. The van der Waals surface area contributed by atoms with Gasteiger partial charge in [-0.05, 0) is 30.3 Å². The van der Waals surface area contributed by atoms with Crippen molar-refractivity contribution in [3.05, 3.63) is 53.7 Å². The van der Waals surface area contributed by atoms with E-state index in [1.165, 1.54) is 30.5 Å². The van der Waals surface area contributed by atoms with Gasteiger partial charge in [0.05, 0.1) is 12.7 Å². The number of halogens is 1. The Hall–Kier alpha value is -2.47. The summed E-state index contributed by atoms with van der Waals surface area (Å²) in [6.45, 7) is 0. The van der Waals surface area contributed by atoms with Gasteiger partial charge in [-0.3, -0.25) is 9.59 Å². The number of rotatable bonds is 3. The number of hydrogen-bond acceptors (Lipinski definition) is 4. The Balaban J connectivity index is 1.98. The SMILES string of the molecule is O=C(C[C@]1(O)C(=O)Nc2ccc(F)cc21)c1ccco1. The zero-order valence-corrected chi connectivity index (χ0v) is 10.2. The third-order valence-corrected chi connectivity index (χ3v) is 3.26. The summed E-state index contributed by atoms with van der Waals surface area (Å²) in [5.74, 6) is -1.84. The molecule has 2 heterocycles. The molecule has 1 aromatic heterocycles. The first-order valence-electron chi connectivity index (χ1n) is 5.91. The third-order valence-electron chi connectivity index (χ3n) is 3.26. The van der Waals surface area contributed by atoms with Gasteiger partial charge < -0.3 is 14.8 Å². The molecule has 0 unspecified atom stereocenters. The average molecular weight is 275 g/mol. The van der Waals surface area contributed by atoms with Gasteiger partial charge in [0.15, 0.2) is 11.4 Å². The van der Waals surface area contributed by atoms with Crippen molar-refractivity contribution in [3.63, 3.8) is 0 Å². The number of carbonyl (C=O) groups is 2. The summed E-state index contributed by atoms with van der Waals surface area (Å²) in [7, 11) is 0. The molecule has 0 aliphatic carbocycles. The Morgan fingerprint density at radius 1 is 1.40 bits per heavy atom. The molecule has 1 amide bonds. The quantitative estimate of drug-likeness (QED) is 0.837. The molecule has 2 aromatic rings. The zero-order valence-electron chi connectivity index (χ0n) is 10.2. The number of Topliss-reactive ketones (excluding diaryl/α,β-unsaturated/α-hetero) is 1. The highest BCUT2D eigenvalue weighted by atomic mass is 19.1.